The first-order valence-corrected chi connectivity index (χ1v) is 5.69. The van der Waals surface area contributed by atoms with Crippen LogP contribution in [0.15, 0.2) is 32.9 Å². The Hall–Kier alpha value is -0.870. The summed E-state index contributed by atoms with van der Waals surface area (Å²) in [7, 11) is 0. The highest BCUT2D eigenvalue weighted by atomic mass is 79.9. The number of carbonyl (C=O) groups excluding carboxylic acids is 1. The Morgan fingerprint density at radius 2 is 2.21 bits per heavy atom. The Morgan fingerprint density at radius 1 is 1.43 bits per heavy atom. The van der Waals surface area contributed by atoms with E-state index >= 15 is 0 Å². The van der Waals surface area contributed by atoms with Gasteiger partial charge in [0.2, 0.25) is 0 Å². The summed E-state index contributed by atoms with van der Waals surface area (Å²) in [5.74, 6) is 0.00405. The van der Waals surface area contributed by atoms with Crippen molar-refractivity contribution < 1.29 is 9.21 Å². The molecule has 0 aliphatic rings. The molecule has 2 nitrogen and oxygen atoms in total. The van der Waals surface area contributed by atoms with E-state index in [1.807, 2.05) is 18.4 Å². The van der Waals surface area contributed by atoms with Crippen LogP contribution in [0.3, 0.4) is 0 Å². The smallest absolute Gasteiger partial charge is 0.198 e. The zero-order chi connectivity index (χ0) is 10.1. The molecule has 0 saturated carbocycles. The Morgan fingerprint density at radius 3 is 2.71 bits per heavy atom. The van der Waals surface area contributed by atoms with E-state index in [-0.39, 0.29) is 5.78 Å². The fourth-order valence-electron chi connectivity index (χ4n) is 1.22. The van der Waals surface area contributed by atoms with Gasteiger partial charge in [-0.15, -0.1) is 11.3 Å². The van der Waals surface area contributed by atoms with Gasteiger partial charge in [-0.2, -0.15) is 0 Å². The third-order valence-corrected chi connectivity index (χ3v) is 3.43. The normalized spacial score (nSPS) is 10.4. The summed E-state index contributed by atoms with van der Waals surface area (Å²) in [4.78, 5) is 13.0. The third kappa shape index (κ3) is 1.55. The van der Waals surface area contributed by atoms with Crippen molar-refractivity contribution in [2.75, 3.05) is 0 Å². The molecule has 0 aliphatic heterocycles. The number of ketones is 1. The molecule has 0 unspecified atom stereocenters. The number of carbonyl (C=O) groups is 1. The summed E-state index contributed by atoms with van der Waals surface area (Å²) >= 11 is 4.76. The largest absolute Gasteiger partial charge is 0.457 e. The summed E-state index contributed by atoms with van der Waals surface area (Å²) in [5.41, 5.74) is 1.32. The number of thiophene rings is 1. The van der Waals surface area contributed by atoms with Crippen LogP contribution < -0.4 is 0 Å². The van der Waals surface area contributed by atoms with E-state index in [1.165, 1.54) is 6.26 Å². The molecule has 4 heteroatoms. The average Bonchev–Trinajstić information content (AvgIpc) is 2.73. The van der Waals surface area contributed by atoms with Gasteiger partial charge in [0.1, 0.15) is 0 Å². The van der Waals surface area contributed by atoms with Gasteiger partial charge >= 0.3 is 0 Å². The van der Waals surface area contributed by atoms with Gasteiger partial charge in [-0.1, -0.05) is 0 Å². The van der Waals surface area contributed by atoms with Crippen LogP contribution in [-0.2, 0) is 0 Å². The minimum atomic E-state index is 0.00405. The molecule has 0 spiro atoms. The summed E-state index contributed by atoms with van der Waals surface area (Å²) < 4.78 is 5.52. The third-order valence-electron chi connectivity index (χ3n) is 1.97. The molecule has 0 N–H and O–H groups in total. The summed E-state index contributed by atoms with van der Waals surface area (Å²) in [6, 6.07) is 3.51. The van der Waals surface area contributed by atoms with Crippen LogP contribution in [0.5, 0.6) is 0 Å². The van der Waals surface area contributed by atoms with Crippen LogP contribution in [0.4, 0.5) is 0 Å². The van der Waals surface area contributed by atoms with Crippen LogP contribution >= 0.6 is 27.3 Å². The SMILES string of the molecule is Cc1sccc1C(=O)c1ccoc1Br. The summed E-state index contributed by atoms with van der Waals surface area (Å²) in [5, 5.41) is 1.91. The lowest BCUT2D eigenvalue weighted by Crippen LogP contribution is -1.99. The predicted octanol–water partition coefficient (Wildman–Crippen LogP) is 3.64. The summed E-state index contributed by atoms with van der Waals surface area (Å²) in [6.45, 7) is 1.94. The van der Waals surface area contributed by atoms with Crippen molar-refractivity contribution in [2.45, 2.75) is 6.92 Å². The number of hydrogen-bond donors (Lipinski definition) is 0. The van der Waals surface area contributed by atoms with Gasteiger partial charge < -0.3 is 4.42 Å². The van der Waals surface area contributed by atoms with Gasteiger partial charge in [0.15, 0.2) is 10.5 Å². The highest BCUT2D eigenvalue weighted by molar-refractivity contribution is 9.10. The molecular formula is C10H7BrO2S. The molecule has 0 fully saturated rings. The van der Waals surface area contributed by atoms with Crippen molar-refractivity contribution in [3.8, 4) is 0 Å². The molecule has 0 radical (unpaired) electrons. The molecule has 0 atom stereocenters. The van der Waals surface area contributed by atoms with Crippen LogP contribution in [0.2, 0.25) is 0 Å². The lowest BCUT2D eigenvalue weighted by Gasteiger charge is -1.96. The second kappa shape index (κ2) is 3.71. The van der Waals surface area contributed by atoms with Crippen molar-refractivity contribution in [3.05, 3.63) is 44.4 Å². The molecule has 2 aromatic heterocycles. The maximum atomic E-state index is 11.9. The molecule has 2 aromatic rings. The first kappa shape index (κ1) is 9.68. The highest BCUT2D eigenvalue weighted by Gasteiger charge is 2.16. The lowest BCUT2D eigenvalue weighted by atomic mass is 10.1. The molecule has 0 amide bonds. The molecular weight excluding hydrogens is 264 g/mol. The zero-order valence-electron chi connectivity index (χ0n) is 7.41. The average molecular weight is 271 g/mol. The first-order valence-electron chi connectivity index (χ1n) is 4.02. The second-order valence-corrected chi connectivity index (χ2v) is 4.67. The van der Waals surface area contributed by atoms with Gasteiger partial charge in [0, 0.05) is 10.4 Å². The Balaban J connectivity index is 2.44. The number of furan rings is 1. The van der Waals surface area contributed by atoms with Crippen LogP contribution in [0, 0.1) is 6.92 Å². The van der Waals surface area contributed by atoms with E-state index in [0.717, 1.165) is 10.4 Å². The number of hydrogen-bond acceptors (Lipinski definition) is 3. The predicted molar refractivity (Wildman–Crippen MR) is 58.9 cm³/mol. The van der Waals surface area contributed by atoms with E-state index in [2.05, 4.69) is 15.9 Å². The van der Waals surface area contributed by atoms with Crippen molar-refractivity contribution in [2.24, 2.45) is 0 Å². The Labute approximate surface area is 93.7 Å². The highest BCUT2D eigenvalue weighted by Crippen LogP contribution is 2.24. The van der Waals surface area contributed by atoms with E-state index in [4.69, 9.17) is 4.42 Å². The van der Waals surface area contributed by atoms with Gasteiger partial charge in [0.25, 0.3) is 0 Å². The van der Waals surface area contributed by atoms with E-state index in [9.17, 15) is 4.79 Å². The van der Waals surface area contributed by atoms with Crippen molar-refractivity contribution in [3.63, 3.8) is 0 Å². The van der Waals surface area contributed by atoms with E-state index < -0.39 is 0 Å². The molecule has 0 aliphatic carbocycles. The molecule has 0 aromatic carbocycles. The monoisotopic (exact) mass is 270 g/mol. The van der Waals surface area contributed by atoms with Crippen LogP contribution in [0.1, 0.15) is 20.8 Å². The molecule has 72 valence electrons. The standard InChI is InChI=1S/C10H7BrO2S/c1-6-7(3-5-14-6)9(12)8-2-4-13-10(8)11/h2-5H,1H3. The van der Waals surface area contributed by atoms with E-state index in [0.29, 0.717) is 10.2 Å². The number of aryl methyl sites for hydroxylation is 1. The Kier molecular flexibility index (Phi) is 2.56. The van der Waals surface area contributed by atoms with Gasteiger partial charge in [-0.3, -0.25) is 4.79 Å². The number of rotatable bonds is 2. The van der Waals surface area contributed by atoms with E-state index in [1.54, 1.807) is 17.4 Å². The zero-order valence-corrected chi connectivity index (χ0v) is 9.81. The first-order chi connectivity index (χ1) is 6.70. The minimum absolute atomic E-state index is 0.00405. The molecule has 2 heterocycles. The Bertz CT molecular complexity index is 428. The van der Waals surface area contributed by atoms with Crippen molar-refractivity contribution >= 4 is 33.0 Å². The quantitative estimate of drug-likeness (QED) is 0.780. The summed E-state index contributed by atoms with van der Waals surface area (Å²) in [6.07, 6.45) is 1.50. The topological polar surface area (TPSA) is 30.2 Å². The van der Waals surface area contributed by atoms with Crippen molar-refractivity contribution in [1.82, 2.24) is 0 Å². The molecule has 14 heavy (non-hydrogen) atoms. The van der Waals surface area contributed by atoms with Gasteiger partial charge in [-0.05, 0) is 40.4 Å². The lowest BCUT2D eigenvalue weighted by molar-refractivity contribution is 0.103. The van der Waals surface area contributed by atoms with Crippen LogP contribution in [0.25, 0.3) is 0 Å². The fourth-order valence-corrected chi connectivity index (χ4v) is 2.34. The molecule has 0 saturated heterocycles. The maximum absolute atomic E-state index is 11.9. The second-order valence-electron chi connectivity index (χ2n) is 2.83. The van der Waals surface area contributed by atoms with Crippen molar-refractivity contribution in [1.29, 1.82) is 0 Å². The van der Waals surface area contributed by atoms with Crippen LogP contribution in [-0.4, -0.2) is 5.78 Å². The maximum Gasteiger partial charge on any atom is 0.198 e. The molecule has 0 bridgehead atoms. The fraction of sp³-hybridized carbons (Fsp3) is 0.100. The molecule has 2 rings (SSSR count). The van der Waals surface area contributed by atoms with Gasteiger partial charge in [0.05, 0.1) is 11.8 Å². The van der Waals surface area contributed by atoms with Gasteiger partial charge in [-0.25, -0.2) is 0 Å². The minimum Gasteiger partial charge on any atom is -0.457 e. The number of halogens is 1.